The fourth-order valence-electron chi connectivity index (χ4n) is 8.26. The number of ether oxygens (including phenoxy) is 4. The molecular formula is C50H98O9. The number of rotatable bonds is 45. The molecule has 1 heterocycles. The third-order valence-electron chi connectivity index (χ3n) is 12.3. The summed E-state index contributed by atoms with van der Waals surface area (Å²) in [7, 11) is 0. The monoisotopic (exact) mass is 843 g/mol. The lowest BCUT2D eigenvalue weighted by Crippen LogP contribution is -2.59. The number of esters is 1. The number of aliphatic hydroxyl groups is 4. The van der Waals surface area contributed by atoms with Crippen LogP contribution in [0.2, 0.25) is 0 Å². The Morgan fingerprint density at radius 2 is 0.831 bits per heavy atom. The van der Waals surface area contributed by atoms with Crippen LogP contribution in [0.3, 0.4) is 0 Å². The van der Waals surface area contributed by atoms with Crippen LogP contribution < -0.4 is 0 Å². The fraction of sp³-hybridized carbons (Fsp3) is 0.980. The molecule has 6 unspecified atom stereocenters. The third kappa shape index (κ3) is 33.4. The molecule has 4 N–H and O–H groups in total. The predicted molar refractivity (Wildman–Crippen MR) is 243 cm³/mol. The lowest BCUT2D eigenvalue weighted by molar-refractivity contribution is -0.305. The van der Waals surface area contributed by atoms with Gasteiger partial charge in [-0.05, 0) is 12.8 Å². The summed E-state index contributed by atoms with van der Waals surface area (Å²) >= 11 is 0. The van der Waals surface area contributed by atoms with Gasteiger partial charge in [-0.1, -0.05) is 232 Å². The van der Waals surface area contributed by atoms with Gasteiger partial charge in [-0.2, -0.15) is 0 Å². The van der Waals surface area contributed by atoms with E-state index in [1.807, 2.05) is 0 Å². The highest BCUT2D eigenvalue weighted by Crippen LogP contribution is 2.23. The van der Waals surface area contributed by atoms with E-state index in [1.165, 1.54) is 199 Å². The van der Waals surface area contributed by atoms with E-state index >= 15 is 0 Å². The Kier molecular flexibility index (Phi) is 40.5. The van der Waals surface area contributed by atoms with E-state index in [9.17, 15) is 25.2 Å². The molecule has 1 aliphatic heterocycles. The highest BCUT2D eigenvalue weighted by atomic mass is 16.7. The van der Waals surface area contributed by atoms with Gasteiger partial charge in [-0.3, -0.25) is 4.79 Å². The normalized spacial score (nSPS) is 20.0. The van der Waals surface area contributed by atoms with Crippen LogP contribution in [0, 0.1) is 0 Å². The summed E-state index contributed by atoms with van der Waals surface area (Å²) in [5, 5.41) is 40.2. The van der Waals surface area contributed by atoms with Gasteiger partial charge in [0.2, 0.25) is 0 Å². The molecule has 6 atom stereocenters. The van der Waals surface area contributed by atoms with Crippen LogP contribution in [0.1, 0.15) is 251 Å². The molecule has 1 fully saturated rings. The van der Waals surface area contributed by atoms with Gasteiger partial charge in [-0.15, -0.1) is 0 Å². The number of hydrogen-bond donors (Lipinski definition) is 4. The number of hydrogen-bond acceptors (Lipinski definition) is 9. The third-order valence-corrected chi connectivity index (χ3v) is 12.3. The molecule has 352 valence electrons. The van der Waals surface area contributed by atoms with E-state index < -0.39 is 43.4 Å². The molecule has 0 saturated carbocycles. The van der Waals surface area contributed by atoms with Crippen molar-refractivity contribution in [2.45, 2.75) is 288 Å². The molecule has 0 aromatic heterocycles. The first-order valence-corrected chi connectivity index (χ1v) is 25.6. The Morgan fingerprint density at radius 1 is 0.475 bits per heavy atom. The van der Waals surface area contributed by atoms with Crippen LogP contribution in [-0.2, 0) is 23.7 Å². The second-order valence-corrected chi connectivity index (χ2v) is 18.0. The quantitative estimate of drug-likeness (QED) is 0.0349. The minimum atomic E-state index is -1.53. The summed E-state index contributed by atoms with van der Waals surface area (Å²) in [5.41, 5.74) is 0. The van der Waals surface area contributed by atoms with Crippen molar-refractivity contribution in [3.05, 3.63) is 0 Å². The van der Waals surface area contributed by atoms with E-state index in [0.29, 0.717) is 13.0 Å². The Labute approximate surface area is 363 Å². The first kappa shape index (κ1) is 56.2. The second-order valence-electron chi connectivity index (χ2n) is 18.0. The Hall–Kier alpha value is -0.810. The Balaban J connectivity index is 2.18. The van der Waals surface area contributed by atoms with Crippen LogP contribution in [0.4, 0.5) is 0 Å². The van der Waals surface area contributed by atoms with Crippen LogP contribution in [0.25, 0.3) is 0 Å². The number of carbonyl (C=O) groups is 1. The van der Waals surface area contributed by atoms with Crippen molar-refractivity contribution in [2.75, 3.05) is 26.4 Å². The van der Waals surface area contributed by atoms with Crippen molar-refractivity contribution >= 4 is 5.97 Å². The van der Waals surface area contributed by atoms with Gasteiger partial charge in [0.15, 0.2) is 6.29 Å². The second kappa shape index (κ2) is 42.5. The maximum Gasteiger partial charge on any atom is 0.306 e. The standard InChI is InChI=1S/C50H98O9/c1-3-5-7-9-11-13-15-17-19-21-22-24-26-28-30-32-34-36-38-40-56-42-44(43-57-50-49(55)48(54)47(53)45(41-51)59-50)58-46(52)39-37-35-33-31-29-27-25-23-20-18-16-14-12-10-8-6-4-2/h44-45,47-51,53-55H,3-43H2,1-2H3. The van der Waals surface area contributed by atoms with E-state index in [0.717, 1.165) is 32.1 Å². The van der Waals surface area contributed by atoms with Gasteiger partial charge in [0.05, 0.1) is 19.8 Å². The van der Waals surface area contributed by atoms with E-state index in [1.54, 1.807) is 0 Å². The van der Waals surface area contributed by atoms with E-state index in [-0.39, 0.29) is 19.2 Å². The van der Waals surface area contributed by atoms with Crippen molar-refractivity contribution in [1.82, 2.24) is 0 Å². The molecule has 9 heteroatoms. The van der Waals surface area contributed by atoms with E-state index in [4.69, 9.17) is 18.9 Å². The highest BCUT2D eigenvalue weighted by Gasteiger charge is 2.44. The molecule has 0 aromatic rings. The molecule has 0 amide bonds. The summed E-state index contributed by atoms with van der Waals surface area (Å²) in [6.45, 7) is 4.63. The summed E-state index contributed by atoms with van der Waals surface area (Å²) in [5.74, 6) is -0.305. The van der Waals surface area contributed by atoms with Crippen molar-refractivity contribution in [1.29, 1.82) is 0 Å². The lowest BCUT2D eigenvalue weighted by atomic mass is 9.99. The maximum atomic E-state index is 12.8. The molecule has 9 nitrogen and oxygen atoms in total. The van der Waals surface area contributed by atoms with Gasteiger partial charge in [0.1, 0.15) is 30.5 Å². The molecule has 0 bridgehead atoms. The number of unbranched alkanes of at least 4 members (excludes halogenated alkanes) is 34. The number of aliphatic hydroxyl groups excluding tert-OH is 4. The van der Waals surface area contributed by atoms with Crippen molar-refractivity contribution in [3.8, 4) is 0 Å². The molecule has 0 aromatic carbocycles. The molecule has 0 radical (unpaired) electrons. The molecule has 1 rings (SSSR count). The lowest BCUT2D eigenvalue weighted by Gasteiger charge is -2.39. The SMILES string of the molecule is CCCCCCCCCCCCCCCCCCCCCOCC(COC1OC(CO)C(O)C(O)C1O)OC(=O)CCCCCCCCCCCCCCCCCCC. The zero-order chi connectivity index (χ0) is 42.9. The molecule has 0 spiro atoms. The topological polar surface area (TPSA) is 135 Å². The Morgan fingerprint density at radius 3 is 1.20 bits per heavy atom. The molecule has 59 heavy (non-hydrogen) atoms. The van der Waals surface area contributed by atoms with Gasteiger partial charge in [0.25, 0.3) is 0 Å². The van der Waals surface area contributed by atoms with Gasteiger partial charge in [0, 0.05) is 13.0 Å². The predicted octanol–water partition coefficient (Wildman–Crippen LogP) is 12.2. The largest absolute Gasteiger partial charge is 0.457 e. The molecule has 1 aliphatic rings. The molecular weight excluding hydrogens is 745 g/mol. The molecule has 1 saturated heterocycles. The van der Waals surface area contributed by atoms with Crippen LogP contribution >= 0.6 is 0 Å². The van der Waals surface area contributed by atoms with Crippen LogP contribution in [-0.4, -0.2) is 89.6 Å². The first-order valence-electron chi connectivity index (χ1n) is 25.6. The van der Waals surface area contributed by atoms with Gasteiger partial charge in [-0.25, -0.2) is 0 Å². The van der Waals surface area contributed by atoms with Crippen LogP contribution in [0.5, 0.6) is 0 Å². The molecule has 0 aliphatic carbocycles. The summed E-state index contributed by atoms with van der Waals surface area (Å²) in [4.78, 5) is 12.8. The van der Waals surface area contributed by atoms with Gasteiger partial charge < -0.3 is 39.4 Å². The maximum absolute atomic E-state index is 12.8. The highest BCUT2D eigenvalue weighted by molar-refractivity contribution is 5.69. The average molecular weight is 843 g/mol. The average Bonchev–Trinajstić information content (AvgIpc) is 3.24. The minimum absolute atomic E-state index is 0.104. The summed E-state index contributed by atoms with van der Waals surface area (Å²) in [6, 6.07) is 0. The van der Waals surface area contributed by atoms with Gasteiger partial charge >= 0.3 is 5.97 Å². The summed E-state index contributed by atoms with van der Waals surface area (Å²) in [6.07, 6.45) is 39.9. The van der Waals surface area contributed by atoms with Crippen molar-refractivity contribution in [3.63, 3.8) is 0 Å². The fourth-order valence-corrected chi connectivity index (χ4v) is 8.26. The van der Waals surface area contributed by atoms with Crippen molar-refractivity contribution < 1.29 is 44.2 Å². The Bertz CT molecular complexity index is 873. The van der Waals surface area contributed by atoms with E-state index in [2.05, 4.69) is 13.8 Å². The number of carbonyl (C=O) groups excluding carboxylic acids is 1. The van der Waals surface area contributed by atoms with Crippen molar-refractivity contribution in [2.24, 2.45) is 0 Å². The zero-order valence-corrected chi connectivity index (χ0v) is 38.8. The summed E-state index contributed by atoms with van der Waals surface area (Å²) < 4.78 is 22.9. The van der Waals surface area contributed by atoms with Crippen LogP contribution in [0.15, 0.2) is 0 Å². The smallest absolute Gasteiger partial charge is 0.306 e. The first-order chi connectivity index (χ1) is 28.9. The zero-order valence-electron chi connectivity index (χ0n) is 38.8. The minimum Gasteiger partial charge on any atom is -0.457 e.